The summed E-state index contributed by atoms with van der Waals surface area (Å²) in [7, 11) is 1.31. The minimum absolute atomic E-state index is 0.0482. The number of esters is 1. The molecule has 0 fully saturated rings. The number of amides is 1. The summed E-state index contributed by atoms with van der Waals surface area (Å²) >= 11 is 3.37. The number of hydrogen-bond acceptors (Lipinski definition) is 3. The molecule has 0 aliphatic heterocycles. The molecule has 1 aromatic carbocycles. The predicted octanol–water partition coefficient (Wildman–Crippen LogP) is 2.78. The van der Waals surface area contributed by atoms with Crippen molar-refractivity contribution in [2.24, 2.45) is 0 Å². The first kappa shape index (κ1) is 15.7. The average molecular weight is 328 g/mol. The maximum absolute atomic E-state index is 12.5. The summed E-state index contributed by atoms with van der Waals surface area (Å²) in [4.78, 5) is 25.4. The van der Waals surface area contributed by atoms with Crippen LogP contribution in [0.2, 0.25) is 0 Å². The first-order valence-electron chi connectivity index (χ1n) is 6.00. The lowest BCUT2D eigenvalue weighted by atomic mass is 10.1. The van der Waals surface area contributed by atoms with E-state index in [4.69, 9.17) is 0 Å². The molecule has 0 saturated heterocycles. The molecule has 1 aromatic rings. The number of carbonyl (C=O) groups is 2. The van der Waals surface area contributed by atoms with E-state index in [0.29, 0.717) is 5.56 Å². The number of hydrogen-bond donors (Lipinski definition) is 0. The van der Waals surface area contributed by atoms with E-state index < -0.39 is 5.97 Å². The second-order valence-electron chi connectivity index (χ2n) is 4.59. The maximum Gasteiger partial charge on any atom is 0.325 e. The molecule has 0 unspecified atom stereocenters. The molecule has 104 valence electrons. The molecule has 0 aliphatic carbocycles. The van der Waals surface area contributed by atoms with Crippen LogP contribution in [0.25, 0.3) is 0 Å². The van der Waals surface area contributed by atoms with Gasteiger partial charge < -0.3 is 9.64 Å². The lowest BCUT2D eigenvalue weighted by molar-refractivity contribution is -0.141. The van der Waals surface area contributed by atoms with E-state index in [9.17, 15) is 9.59 Å². The van der Waals surface area contributed by atoms with E-state index >= 15 is 0 Å². The third kappa shape index (κ3) is 4.06. The third-order valence-electron chi connectivity index (χ3n) is 2.76. The summed E-state index contributed by atoms with van der Waals surface area (Å²) in [5.41, 5.74) is 1.55. The Morgan fingerprint density at radius 1 is 1.37 bits per heavy atom. The van der Waals surface area contributed by atoms with Crippen molar-refractivity contribution in [3.63, 3.8) is 0 Å². The van der Waals surface area contributed by atoms with Crippen LogP contribution in [-0.2, 0) is 9.53 Å². The summed E-state index contributed by atoms with van der Waals surface area (Å²) in [5, 5.41) is 0. The normalized spacial score (nSPS) is 10.4. The van der Waals surface area contributed by atoms with Gasteiger partial charge in [-0.2, -0.15) is 0 Å². The molecule has 0 radical (unpaired) electrons. The van der Waals surface area contributed by atoms with Gasteiger partial charge in [0.15, 0.2) is 0 Å². The molecule has 1 rings (SSSR count). The van der Waals surface area contributed by atoms with Gasteiger partial charge in [0.25, 0.3) is 5.91 Å². The number of benzene rings is 1. The summed E-state index contributed by atoms with van der Waals surface area (Å²) in [6.45, 7) is 5.60. The van der Waals surface area contributed by atoms with Crippen LogP contribution in [0.5, 0.6) is 0 Å². The number of ether oxygens (including phenoxy) is 1. The maximum atomic E-state index is 12.5. The van der Waals surface area contributed by atoms with Crippen molar-refractivity contribution in [1.29, 1.82) is 0 Å². The van der Waals surface area contributed by atoms with Gasteiger partial charge in [0.2, 0.25) is 0 Å². The molecule has 5 heteroatoms. The van der Waals surface area contributed by atoms with E-state index in [1.807, 2.05) is 32.9 Å². The number of aryl methyl sites for hydroxylation is 1. The van der Waals surface area contributed by atoms with Crippen LogP contribution in [0, 0.1) is 6.92 Å². The van der Waals surface area contributed by atoms with Gasteiger partial charge in [0.1, 0.15) is 6.54 Å². The van der Waals surface area contributed by atoms with E-state index in [0.717, 1.165) is 10.0 Å². The van der Waals surface area contributed by atoms with E-state index in [1.165, 1.54) is 12.0 Å². The molecule has 1 amide bonds. The highest BCUT2D eigenvalue weighted by Crippen LogP contribution is 2.20. The fourth-order valence-corrected chi connectivity index (χ4v) is 2.07. The van der Waals surface area contributed by atoms with Crippen LogP contribution >= 0.6 is 15.9 Å². The third-order valence-corrected chi connectivity index (χ3v) is 3.46. The Kier molecular flexibility index (Phi) is 5.54. The zero-order valence-electron chi connectivity index (χ0n) is 11.6. The Morgan fingerprint density at radius 2 is 2.00 bits per heavy atom. The highest BCUT2D eigenvalue weighted by atomic mass is 79.9. The van der Waals surface area contributed by atoms with Crippen molar-refractivity contribution in [3.8, 4) is 0 Å². The van der Waals surface area contributed by atoms with Gasteiger partial charge in [-0.25, -0.2) is 0 Å². The quantitative estimate of drug-likeness (QED) is 0.799. The number of rotatable bonds is 4. The number of methoxy groups -OCH3 is 1. The van der Waals surface area contributed by atoms with Crippen LogP contribution in [0.3, 0.4) is 0 Å². The Hall–Kier alpha value is -1.36. The smallest absolute Gasteiger partial charge is 0.325 e. The Bertz CT molecular complexity index is 486. The molecular weight excluding hydrogens is 310 g/mol. The van der Waals surface area contributed by atoms with Crippen molar-refractivity contribution < 1.29 is 14.3 Å². The fraction of sp³-hybridized carbons (Fsp3) is 0.429. The van der Waals surface area contributed by atoms with Crippen molar-refractivity contribution in [2.45, 2.75) is 26.8 Å². The molecule has 0 aromatic heterocycles. The highest BCUT2D eigenvalue weighted by molar-refractivity contribution is 9.10. The van der Waals surface area contributed by atoms with Gasteiger partial charge in [0.05, 0.1) is 12.7 Å². The Balaban J connectivity index is 3.05. The number of halogens is 1. The minimum atomic E-state index is -0.425. The zero-order valence-corrected chi connectivity index (χ0v) is 13.2. The van der Waals surface area contributed by atoms with Crippen molar-refractivity contribution >= 4 is 27.8 Å². The Morgan fingerprint density at radius 3 is 2.53 bits per heavy atom. The van der Waals surface area contributed by atoms with Gasteiger partial charge in [-0.15, -0.1) is 0 Å². The van der Waals surface area contributed by atoms with Crippen LogP contribution in [0.15, 0.2) is 22.7 Å². The molecule has 0 spiro atoms. The summed E-state index contributed by atoms with van der Waals surface area (Å²) in [5.74, 6) is -0.609. The summed E-state index contributed by atoms with van der Waals surface area (Å²) in [6, 6.07) is 5.47. The minimum Gasteiger partial charge on any atom is -0.468 e. The van der Waals surface area contributed by atoms with Crippen LogP contribution in [0.4, 0.5) is 0 Å². The van der Waals surface area contributed by atoms with Crippen LogP contribution in [-0.4, -0.2) is 36.5 Å². The number of carbonyl (C=O) groups excluding carboxylic acids is 2. The standard InChI is InChI=1S/C14H18BrNO3/c1-9(2)16(8-13(17)19-4)14(18)11-7-10(3)5-6-12(11)15/h5-7,9H,8H2,1-4H3. The second-order valence-corrected chi connectivity index (χ2v) is 5.44. The molecule has 0 N–H and O–H groups in total. The van der Waals surface area contributed by atoms with E-state index in [2.05, 4.69) is 20.7 Å². The van der Waals surface area contributed by atoms with E-state index in [-0.39, 0.29) is 18.5 Å². The summed E-state index contributed by atoms with van der Waals surface area (Å²) < 4.78 is 5.35. The highest BCUT2D eigenvalue weighted by Gasteiger charge is 2.23. The average Bonchev–Trinajstić information content (AvgIpc) is 2.37. The topological polar surface area (TPSA) is 46.6 Å². The molecule has 0 saturated carbocycles. The molecular formula is C14H18BrNO3. The van der Waals surface area contributed by atoms with Crippen molar-refractivity contribution in [2.75, 3.05) is 13.7 Å². The van der Waals surface area contributed by atoms with Gasteiger partial charge >= 0.3 is 5.97 Å². The SMILES string of the molecule is COC(=O)CN(C(=O)c1cc(C)ccc1Br)C(C)C. The van der Waals surface area contributed by atoms with Crippen molar-refractivity contribution in [1.82, 2.24) is 4.90 Å². The number of nitrogens with zero attached hydrogens (tertiary/aromatic N) is 1. The Labute approximate surface area is 121 Å². The van der Waals surface area contributed by atoms with Gasteiger partial charge in [-0.1, -0.05) is 11.6 Å². The lowest BCUT2D eigenvalue weighted by Crippen LogP contribution is -2.41. The van der Waals surface area contributed by atoms with Crippen molar-refractivity contribution in [3.05, 3.63) is 33.8 Å². The first-order chi connectivity index (χ1) is 8.86. The van der Waals surface area contributed by atoms with Crippen LogP contribution < -0.4 is 0 Å². The molecule has 19 heavy (non-hydrogen) atoms. The van der Waals surface area contributed by atoms with Gasteiger partial charge in [-0.3, -0.25) is 9.59 Å². The molecule has 0 bridgehead atoms. The molecule has 0 aliphatic rings. The van der Waals surface area contributed by atoms with Crippen LogP contribution in [0.1, 0.15) is 29.8 Å². The molecule has 4 nitrogen and oxygen atoms in total. The largest absolute Gasteiger partial charge is 0.468 e. The molecule has 0 atom stereocenters. The summed E-state index contributed by atoms with van der Waals surface area (Å²) in [6.07, 6.45) is 0. The molecule has 0 heterocycles. The van der Waals surface area contributed by atoms with Gasteiger partial charge in [-0.05, 0) is 48.8 Å². The monoisotopic (exact) mass is 327 g/mol. The first-order valence-corrected chi connectivity index (χ1v) is 6.80. The fourth-order valence-electron chi connectivity index (χ4n) is 1.65. The second kappa shape index (κ2) is 6.70. The van der Waals surface area contributed by atoms with E-state index in [1.54, 1.807) is 6.07 Å². The lowest BCUT2D eigenvalue weighted by Gasteiger charge is -2.26. The zero-order chi connectivity index (χ0) is 14.6. The predicted molar refractivity (Wildman–Crippen MR) is 77.1 cm³/mol. The van der Waals surface area contributed by atoms with Gasteiger partial charge in [0, 0.05) is 10.5 Å².